The summed E-state index contributed by atoms with van der Waals surface area (Å²) in [5.41, 5.74) is 0. The molecule has 13 heavy (non-hydrogen) atoms. The molecule has 5 heteroatoms. The van der Waals surface area contributed by atoms with Crippen LogP contribution in [0.15, 0.2) is 0 Å². The summed E-state index contributed by atoms with van der Waals surface area (Å²) in [6, 6.07) is 0. The molecule has 0 fully saturated rings. The van der Waals surface area contributed by atoms with Gasteiger partial charge in [0, 0.05) is 6.42 Å². The van der Waals surface area contributed by atoms with Crippen molar-refractivity contribution in [2.45, 2.75) is 39.0 Å². The number of hydrogen-bond acceptors (Lipinski definition) is 2. The molecule has 78 valence electrons. The summed E-state index contributed by atoms with van der Waals surface area (Å²) in [5.74, 6) is -0.179. The van der Waals surface area contributed by atoms with E-state index < -0.39 is 25.3 Å². The quantitative estimate of drug-likeness (QED) is 0.677. The smallest absolute Gasteiger partial charge is 0.370 e. The van der Waals surface area contributed by atoms with E-state index in [4.69, 9.17) is 4.74 Å². The van der Waals surface area contributed by atoms with Gasteiger partial charge >= 0.3 is 6.18 Å². The molecule has 0 saturated heterocycles. The van der Waals surface area contributed by atoms with Crippen molar-refractivity contribution in [3.63, 3.8) is 0 Å². The van der Waals surface area contributed by atoms with Crippen molar-refractivity contribution in [2.24, 2.45) is 0 Å². The summed E-state index contributed by atoms with van der Waals surface area (Å²) >= 11 is 0. The number of halogens is 3. The number of rotatable bonds is 5. The summed E-state index contributed by atoms with van der Waals surface area (Å²) < 4.78 is 39.6. The first-order valence-electron chi connectivity index (χ1n) is 4.08. The van der Waals surface area contributed by atoms with Crippen LogP contribution in [-0.4, -0.2) is 24.7 Å². The predicted octanol–water partition coefficient (Wildman–Crippen LogP) is 2.32. The van der Waals surface area contributed by atoms with Crippen molar-refractivity contribution in [1.29, 1.82) is 0 Å². The lowest BCUT2D eigenvalue weighted by Crippen LogP contribution is -2.22. The molecule has 0 N–H and O–H groups in total. The molecule has 0 aromatic heterocycles. The molecule has 0 heterocycles. The first-order chi connectivity index (χ1) is 5.87. The van der Waals surface area contributed by atoms with E-state index in [1.165, 1.54) is 6.92 Å². The van der Waals surface area contributed by atoms with E-state index in [0.717, 1.165) is 0 Å². The van der Waals surface area contributed by atoms with Crippen molar-refractivity contribution >= 4 is 5.78 Å². The lowest BCUT2D eigenvalue weighted by Gasteiger charge is -2.11. The van der Waals surface area contributed by atoms with Crippen LogP contribution in [0.4, 0.5) is 13.2 Å². The van der Waals surface area contributed by atoms with Crippen LogP contribution in [0.1, 0.15) is 26.7 Å². The maximum absolute atomic E-state index is 11.6. The van der Waals surface area contributed by atoms with E-state index in [2.05, 4.69) is 0 Å². The average Bonchev–Trinajstić information content (AvgIpc) is 2.00. The summed E-state index contributed by atoms with van der Waals surface area (Å²) in [6.07, 6.45) is -5.66. The van der Waals surface area contributed by atoms with E-state index >= 15 is 0 Å². The fraction of sp³-hybridized carbons (Fsp3) is 0.875. The third-order valence-corrected chi connectivity index (χ3v) is 1.56. The molecule has 2 nitrogen and oxygen atoms in total. The van der Waals surface area contributed by atoms with E-state index in [1.54, 1.807) is 6.92 Å². The summed E-state index contributed by atoms with van der Waals surface area (Å²) in [6.45, 7) is 2.66. The Morgan fingerprint density at radius 1 is 1.46 bits per heavy atom. The fourth-order valence-electron chi connectivity index (χ4n) is 0.732. The Morgan fingerprint density at radius 2 is 2.00 bits per heavy atom. The second-order valence-electron chi connectivity index (χ2n) is 2.70. The van der Waals surface area contributed by atoms with Crippen LogP contribution in [0.25, 0.3) is 0 Å². The largest absolute Gasteiger partial charge is 0.391 e. The Kier molecular flexibility index (Phi) is 4.98. The zero-order valence-corrected chi connectivity index (χ0v) is 7.65. The van der Waals surface area contributed by atoms with E-state index in [-0.39, 0.29) is 12.2 Å². The molecule has 0 aromatic carbocycles. The predicted molar refractivity (Wildman–Crippen MR) is 41.4 cm³/mol. The Hall–Kier alpha value is -0.580. The van der Waals surface area contributed by atoms with Crippen molar-refractivity contribution in [2.75, 3.05) is 6.61 Å². The fourth-order valence-corrected chi connectivity index (χ4v) is 0.732. The topological polar surface area (TPSA) is 26.3 Å². The van der Waals surface area contributed by atoms with Gasteiger partial charge in [-0.1, -0.05) is 6.92 Å². The highest BCUT2D eigenvalue weighted by atomic mass is 19.4. The van der Waals surface area contributed by atoms with Crippen molar-refractivity contribution in [3.8, 4) is 0 Å². The summed E-state index contributed by atoms with van der Waals surface area (Å²) in [4.78, 5) is 10.9. The lowest BCUT2D eigenvalue weighted by atomic mass is 10.2. The second kappa shape index (κ2) is 5.21. The van der Waals surface area contributed by atoms with E-state index in [0.29, 0.717) is 0 Å². The number of ether oxygens (including phenoxy) is 1. The minimum absolute atomic E-state index is 0.179. The van der Waals surface area contributed by atoms with Crippen LogP contribution in [-0.2, 0) is 9.53 Å². The van der Waals surface area contributed by atoms with Gasteiger partial charge < -0.3 is 4.74 Å². The van der Waals surface area contributed by atoms with Gasteiger partial charge in [0.25, 0.3) is 0 Å². The number of carbonyl (C=O) groups is 1. The highest BCUT2D eigenvalue weighted by molar-refractivity contribution is 5.82. The standard InChI is InChI=1S/C8H13F3O2/c1-3-7(12)6(2)13-5-4-8(9,10)11/h6H,3-5H2,1-2H3. The Balaban J connectivity index is 3.59. The van der Waals surface area contributed by atoms with Gasteiger partial charge in [0.2, 0.25) is 0 Å². The first-order valence-corrected chi connectivity index (χ1v) is 4.08. The molecule has 0 spiro atoms. The van der Waals surface area contributed by atoms with Crippen LogP contribution in [0.5, 0.6) is 0 Å². The van der Waals surface area contributed by atoms with Crippen molar-refractivity contribution < 1.29 is 22.7 Å². The maximum atomic E-state index is 11.6. The van der Waals surface area contributed by atoms with Gasteiger partial charge in [-0.25, -0.2) is 0 Å². The molecule has 0 saturated carbocycles. The second-order valence-corrected chi connectivity index (χ2v) is 2.70. The Bertz CT molecular complexity index is 165. The molecule has 1 atom stereocenters. The van der Waals surface area contributed by atoms with E-state index in [1.807, 2.05) is 0 Å². The molecule has 0 aliphatic rings. The van der Waals surface area contributed by atoms with Gasteiger partial charge in [-0.05, 0) is 6.92 Å². The maximum Gasteiger partial charge on any atom is 0.391 e. The van der Waals surface area contributed by atoms with Gasteiger partial charge in [0.1, 0.15) is 6.10 Å². The monoisotopic (exact) mass is 198 g/mol. The van der Waals surface area contributed by atoms with Crippen LogP contribution in [0.2, 0.25) is 0 Å². The van der Waals surface area contributed by atoms with Crippen LogP contribution < -0.4 is 0 Å². The molecule has 0 rings (SSSR count). The number of Topliss-reactive ketones (excluding diaryl/α,β-unsaturated/α-hetero) is 1. The molecule has 0 aliphatic carbocycles. The normalized spacial score (nSPS) is 14.2. The number of carbonyl (C=O) groups excluding carboxylic acids is 1. The van der Waals surface area contributed by atoms with Gasteiger partial charge in [-0.2, -0.15) is 13.2 Å². The van der Waals surface area contributed by atoms with Gasteiger partial charge in [-0.15, -0.1) is 0 Å². The first kappa shape index (κ1) is 12.4. The molecular weight excluding hydrogens is 185 g/mol. The molecule has 0 amide bonds. The molecular formula is C8H13F3O2. The number of ketones is 1. The third-order valence-electron chi connectivity index (χ3n) is 1.56. The minimum atomic E-state index is -4.21. The third kappa shape index (κ3) is 6.57. The molecule has 0 aromatic rings. The molecule has 0 aliphatic heterocycles. The van der Waals surface area contributed by atoms with Gasteiger partial charge in [-0.3, -0.25) is 4.79 Å². The van der Waals surface area contributed by atoms with Gasteiger partial charge in [0.15, 0.2) is 5.78 Å². The zero-order chi connectivity index (χ0) is 10.5. The minimum Gasteiger partial charge on any atom is -0.370 e. The summed E-state index contributed by atoms with van der Waals surface area (Å²) in [5, 5.41) is 0. The van der Waals surface area contributed by atoms with Crippen LogP contribution in [0, 0.1) is 0 Å². The van der Waals surface area contributed by atoms with Gasteiger partial charge in [0.05, 0.1) is 13.0 Å². The lowest BCUT2D eigenvalue weighted by molar-refractivity contribution is -0.153. The molecule has 0 radical (unpaired) electrons. The molecule has 1 unspecified atom stereocenters. The van der Waals surface area contributed by atoms with Crippen molar-refractivity contribution in [3.05, 3.63) is 0 Å². The average molecular weight is 198 g/mol. The van der Waals surface area contributed by atoms with E-state index in [9.17, 15) is 18.0 Å². The Morgan fingerprint density at radius 3 is 2.38 bits per heavy atom. The molecule has 0 bridgehead atoms. The zero-order valence-electron chi connectivity index (χ0n) is 7.65. The summed E-state index contributed by atoms with van der Waals surface area (Å²) in [7, 11) is 0. The van der Waals surface area contributed by atoms with Crippen LogP contribution >= 0.6 is 0 Å². The van der Waals surface area contributed by atoms with Crippen molar-refractivity contribution in [1.82, 2.24) is 0 Å². The number of hydrogen-bond donors (Lipinski definition) is 0. The number of alkyl halides is 3. The van der Waals surface area contributed by atoms with Crippen LogP contribution in [0.3, 0.4) is 0 Å². The highest BCUT2D eigenvalue weighted by Gasteiger charge is 2.27. The highest BCUT2D eigenvalue weighted by Crippen LogP contribution is 2.19. The Labute approximate surface area is 75.1 Å². The SMILES string of the molecule is CCC(=O)C(C)OCCC(F)(F)F.